The van der Waals surface area contributed by atoms with Gasteiger partial charge in [-0.25, -0.2) is 0 Å². The molecular weight excluding hydrogens is 212 g/mol. The number of fused-ring (bicyclic) bond motifs is 1. The van der Waals surface area contributed by atoms with Crippen molar-refractivity contribution in [3.8, 4) is 0 Å². The van der Waals surface area contributed by atoms with Gasteiger partial charge in [0.25, 0.3) is 0 Å². The third-order valence-electron chi connectivity index (χ3n) is 3.37. The molecule has 2 unspecified atom stereocenters. The number of methoxy groups -OCH3 is 1. The summed E-state index contributed by atoms with van der Waals surface area (Å²) in [6.45, 7) is 5.12. The highest BCUT2D eigenvalue weighted by atomic mass is 16.5. The molecular formula is C14H22N2O. The van der Waals surface area contributed by atoms with E-state index < -0.39 is 0 Å². The second-order valence-electron chi connectivity index (χ2n) is 4.81. The molecule has 1 aromatic rings. The summed E-state index contributed by atoms with van der Waals surface area (Å²) in [5, 5.41) is 6.97. The van der Waals surface area contributed by atoms with Crippen molar-refractivity contribution in [2.45, 2.75) is 19.4 Å². The number of rotatable bonds is 5. The van der Waals surface area contributed by atoms with Crippen molar-refractivity contribution in [3.63, 3.8) is 0 Å². The standard InChI is InChI=1S/C14H22N2O/c1-11(17-2)8-15-9-12-7-13-5-3-4-6-14(13)16-10-12/h3-6,11-12,15-16H,7-10H2,1-2H3. The Kier molecular flexibility index (Phi) is 4.40. The quantitative estimate of drug-likeness (QED) is 0.816. The van der Waals surface area contributed by atoms with Gasteiger partial charge < -0.3 is 15.4 Å². The van der Waals surface area contributed by atoms with Gasteiger partial charge in [0, 0.05) is 32.4 Å². The van der Waals surface area contributed by atoms with Gasteiger partial charge in [-0.1, -0.05) is 18.2 Å². The van der Waals surface area contributed by atoms with Crippen LogP contribution in [0.15, 0.2) is 24.3 Å². The van der Waals surface area contributed by atoms with Crippen molar-refractivity contribution >= 4 is 5.69 Å². The van der Waals surface area contributed by atoms with Gasteiger partial charge >= 0.3 is 0 Å². The summed E-state index contributed by atoms with van der Waals surface area (Å²) < 4.78 is 5.22. The molecule has 2 N–H and O–H groups in total. The molecule has 0 bridgehead atoms. The van der Waals surface area contributed by atoms with Gasteiger partial charge in [0.15, 0.2) is 0 Å². The van der Waals surface area contributed by atoms with Crippen LogP contribution in [0.25, 0.3) is 0 Å². The van der Waals surface area contributed by atoms with Crippen molar-refractivity contribution in [3.05, 3.63) is 29.8 Å². The molecule has 0 aliphatic carbocycles. The molecule has 94 valence electrons. The van der Waals surface area contributed by atoms with Crippen molar-refractivity contribution in [1.82, 2.24) is 5.32 Å². The Morgan fingerprint density at radius 1 is 1.47 bits per heavy atom. The Balaban J connectivity index is 1.78. The normalized spacial score (nSPS) is 20.5. The van der Waals surface area contributed by atoms with Crippen LogP contribution in [0.1, 0.15) is 12.5 Å². The topological polar surface area (TPSA) is 33.3 Å². The Bertz CT molecular complexity index is 354. The lowest BCUT2D eigenvalue weighted by Gasteiger charge is -2.26. The molecule has 3 nitrogen and oxygen atoms in total. The van der Waals surface area contributed by atoms with E-state index in [-0.39, 0.29) is 0 Å². The first-order chi connectivity index (χ1) is 8.29. The molecule has 2 atom stereocenters. The zero-order valence-corrected chi connectivity index (χ0v) is 10.7. The second-order valence-corrected chi connectivity index (χ2v) is 4.81. The van der Waals surface area contributed by atoms with Crippen LogP contribution in [0.5, 0.6) is 0 Å². The lowest BCUT2D eigenvalue weighted by Crippen LogP contribution is -2.35. The number of para-hydroxylation sites is 1. The van der Waals surface area contributed by atoms with Crippen molar-refractivity contribution in [2.75, 3.05) is 32.1 Å². The molecule has 1 aliphatic heterocycles. The summed E-state index contributed by atoms with van der Waals surface area (Å²) in [6.07, 6.45) is 1.45. The molecule has 0 amide bonds. The summed E-state index contributed by atoms with van der Waals surface area (Å²) >= 11 is 0. The van der Waals surface area contributed by atoms with Gasteiger partial charge in [0.05, 0.1) is 6.10 Å². The average Bonchev–Trinajstić information content (AvgIpc) is 2.38. The number of ether oxygens (including phenoxy) is 1. The average molecular weight is 234 g/mol. The van der Waals surface area contributed by atoms with Crippen LogP contribution in [-0.2, 0) is 11.2 Å². The maximum atomic E-state index is 5.22. The van der Waals surface area contributed by atoms with Crippen LogP contribution in [0.3, 0.4) is 0 Å². The van der Waals surface area contributed by atoms with E-state index in [1.807, 2.05) is 0 Å². The van der Waals surface area contributed by atoms with E-state index in [1.54, 1.807) is 7.11 Å². The van der Waals surface area contributed by atoms with Crippen molar-refractivity contribution in [1.29, 1.82) is 0 Å². The van der Waals surface area contributed by atoms with Gasteiger partial charge in [0.2, 0.25) is 0 Å². The molecule has 0 radical (unpaired) electrons. The third kappa shape index (κ3) is 3.45. The van der Waals surface area contributed by atoms with Crippen LogP contribution in [0, 0.1) is 5.92 Å². The minimum Gasteiger partial charge on any atom is -0.384 e. The first kappa shape index (κ1) is 12.4. The van der Waals surface area contributed by atoms with E-state index in [9.17, 15) is 0 Å². The summed E-state index contributed by atoms with van der Waals surface area (Å²) in [5.41, 5.74) is 2.74. The summed E-state index contributed by atoms with van der Waals surface area (Å²) in [7, 11) is 1.75. The van der Waals surface area contributed by atoms with Gasteiger partial charge in [-0.05, 0) is 30.9 Å². The molecule has 3 heteroatoms. The monoisotopic (exact) mass is 234 g/mol. The van der Waals surface area contributed by atoms with Gasteiger partial charge in [0.1, 0.15) is 0 Å². The lowest BCUT2D eigenvalue weighted by molar-refractivity contribution is 0.116. The largest absolute Gasteiger partial charge is 0.384 e. The van der Waals surface area contributed by atoms with E-state index in [0.29, 0.717) is 12.0 Å². The Hall–Kier alpha value is -1.06. The fraction of sp³-hybridized carbons (Fsp3) is 0.571. The molecule has 2 rings (SSSR count). The van der Waals surface area contributed by atoms with Gasteiger partial charge in [-0.15, -0.1) is 0 Å². The highest BCUT2D eigenvalue weighted by Gasteiger charge is 2.17. The summed E-state index contributed by atoms with van der Waals surface area (Å²) in [6, 6.07) is 8.58. The minimum atomic E-state index is 0.291. The van der Waals surface area contributed by atoms with Gasteiger partial charge in [-0.3, -0.25) is 0 Å². The molecule has 0 fully saturated rings. The fourth-order valence-corrected chi connectivity index (χ4v) is 2.23. The van der Waals surface area contributed by atoms with Crippen LogP contribution >= 0.6 is 0 Å². The molecule has 1 heterocycles. The van der Waals surface area contributed by atoms with Crippen LogP contribution in [-0.4, -0.2) is 32.8 Å². The van der Waals surface area contributed by atoms with Crippen LogP contribution < -0.4 is 10.6 Å². The molecule has 0 aromatic heterocycles. The minimum absolute atomic E-state index is 0.291. The smallest absolute Gasteiger partial charge is 0.0667 e. The van der Waals surface area contributed by atoms with E-state index in [0.717, 1.165) is 26.1 Å². The van der Waals surface area contributed by atoms with E-state index >= 15 is 0 Å². The first-order valence-electron chi connectivity index (χ1n) is 6.35. The fourth-order valence-electron chi connectivity index (χ4n) is 2.23. The molecule has 0 spiro atoms. The molecule has 17 heavy (non-hydrogen) atoms. The zero-order valence-electron chi connectivity index (χ0n) is 10.7. The zero-order chi connectivity index (χ0) is 12.1. The Labute approximate surface area is 104 Å². The van der Waals surface area contributed by atoms with Crippen LogP contribution in [0.4, 0.5) is 5.69 Å². The van der Waals surface area contributed by atoms with E-state index in [2.05, 4.69) is 41.8 Å². The maximum Gasteiger partial charge on any atom is 0.0667 e. The Morgan fingerprint density at radius 2 is 2.29 bits per heavy atom. The number of hydrogen-bond acceptors (Lipinski definition) is 3. The molecule has 0 saturated carbocycles. The predicted octanol–water partition coefficient (Wildman–Crippen LogP) is 1.90. The van der Waals surface area contributed by atoms with Crippen LogP contribution in [0.2, 0.25) is 0 Å². The lowest BCUT2D eigenvalue weighted by atomic mass is 9.94. The number of benzene rings is 1. The summed E-state index contributed by atoms with van der Waals surface area (Å²) in [4.78, 5) is 0. The second kappa shape index (κ2) is 6.03. The SMILES string of the molecule is COC(C)CNCC1CNc2ccccc2C1. The van der Waals surface area contributed by atoms with E-state index in [4.69, 9.17) is 4.74 Å². The summed E-state index contributed by atoms with van der Waals surface area (Å²) in [5.74, 6) is 0.675. The molecule has 0 saturated heterocycles. The number of nitrogens with one attached hydrogen (secondary N) is 2. The van der Waals surface area contributed by atoms with Crippen molar-refractivity contribution in [2.24, 2.45) is 5.92 Å². The highest BCUT2D eigenvalue weighted by Crippen LogP contribution is 2.23. The number of hydrogen-bond donors (Lipinski definition) is 2. The van der Waals surface area contributed by atoms with Gasteiger partial charge in [-0.2, -0.15) is 0 Å². The van der Waals surface area contributed by atoms with Crippen molar-refractivity contribution < 1.29 is 4.74 Å². The molecule has 1 aliphatic rings. The van der Waals surface area contributed by atoms with E-state index in [1.165, 1.54) is 11.3 Å². The first-order valence-corrected chi connectivity index (χ1v) is 6.35. The molecule has 1 aromatic carbocycles. The maximum absolute atomic E-state index is 5.22. The predicted molar refractivity (Wildman–Crippen MR) is 71.5 cm³/mol. The highest BCUT2D eigenvalue weighted by molar-refractivity contribution is 5.53. The number of anilines is 1. The Morgan fingerprint density at radius 3 is 3.12 bits per heavy atom. The third-order valence-corrected chi connectivity index (χ3v) is 3.37.